The summed E-state index contributed by atoms with van der Waals surface area (Å²) in [5.74, 6) is -1.98. The number of H-pyrrole nitrogens is 1. The molecule has 28 heavy (non-hydrogen) atoms. The number of benzene rings is 1. The second-order valence-electron chi connectivity index (χ2n) is 7.07. The number of ketones is 1. The summed E-state index contributed by atoms with van der Waals surface area (Å²) in [5, 5.41) is 0.771. The average Bonchev–Trinajstić information content (AvgIpc) is 3.25. The van der Waals surface area contributed by atoms with E-state index < -0.39 is 5.97 Å². The number of allylic oxidation sites excluding steroid dienone is 2. The molecule has 0 bridgehead atoms. The van der Waals surface area contributed by atoms with Crippen LogP contribution in [0.25, 0.3) is 10.9 Å². The zero-order valence-corrected chi connectivity index (χ0v) is 15.2. The number of imide groups is 1. The van der Waals surface area contributed by atoms with E-state index in [1.165, 1.54) is 0 Å². The number of nitrogens with one attached hydrogen (secondary N) is 1. The second-order valence-corrected chi connectivity index (χ2v) is 7.07. The molecule has 1 aliphatic heterocycles. The van der Waals surface area contributed by atoms with Gasteiger partial charge in [0.15, 0.2) is 6.61 Å². The van der Waals surface area contributed by atoms with Gasteiger partial charge in [-0.2, -0.15) is 0 Å². The van der Waals surface area contributed by atoms with E-state index >= 15 is 0 Å². The minimum Gasteiger partial charge on any atom is -0.457 e. The molecule has 2 amide bonds. The Hall–Kier alpha value is -3.22. The summed E-state index contributed by atoms with van der Waals surface area (Å²) in [4.78, 5) is 53.3. The van der Waals surface area contributed by atoms with Crippen LogP contribution in [0.4, 0.5) is 0 Å². The molecule has 0 saturated carbocycles. The largest absolute Gasteiger partial charge is 0.457 e. The van der Waals surface area contributed by atoms with Crippen molar-refractivity contribution in [3.63, 3.8) is 0 Å². The smallest absolute Gasteiger partial charge is 0.308 e. The second kappa shape index (κ2) is 7.42. The van der Waals surface area contributed by atoms with Crippen LogP contribution in [0.3, 0.4) is 0 Å². The molecule has 1 fully saturated rings. The number of aromatic amines is 1. The van der Waals surface area contributed by atoms with Crippen LogP contribution in [0.1, 0.15) is 29.6 Å². The number of carbonyl (C=O) groups is 4. The number of hydrogen-bond acceptors (Lipinski definition) is 5. The van der Waals surface area contributed by atoms with Gasteiger partial charge < -0.3 is 9.72 Å². The first-order valence-electron chi connectivity index (χ1n) is 9.31. The van der Waals surface area contributed by atoms with Crippen LogP contribution in [0.15, 0.2) is 42.6 Å². The molecule has 2 atom stereocenters. The Kier molecular flexibility index (Phi) is 4.81. The van der Waals surface area contributed by atoms with Crippen molar-refractivity contribution in [1.29, 1.82) is 0 Å². The van der Waals surface area contributed by atoms with Gasteiger partial charge in [-0.25, -0.2) is 0 Å². The summed E-state index contributed by atoms with van der Waals surface area (Å²) in [6.45, 7) is -0.386. The zero-order chi connectivity index (χ0) is 19.7. The molecule has 1 N–H and O–H groups in total. The average molecular weight is 380 g/mol. The minimum absolute atomic E-state index is 0.00915. The maximum Gasteiger partial charge on any atom is 0.308 e. The van der Waals surface area contributed by atoms with E-state index in [0.717, 1.165) is 15.8 Å². The molecule has 144 valence electrons. The van der Waals surface area contributed by atoms with E-state index in [4.69, 9.17) is 4.74 Å². The van der Waals surface area contributed by atoms with Crippen LogP contribution in [-0.4, -0.2) is 46.6 Å². The molecule has 2 aliphatic rings. The van der Waals surface area contributed by atoms with Crippen LogP contribution < -0.4 is 0 Å². The number of likely N-dealkylation sites (tertiary alicyclic amines) is 1. The molecule has 0 unspecified atom stereocenters. The molecule has 1 saturated heterocycles. The Bertz CT molecular complexity index is 964. The third kappa shape index (κ3) is 3.24. The molecule has 4 rings (SSSR count). The Morgan fingerprint density at radius 2 is 1.75 bits per heavy atom. The monoisotopic (exact) mass is 380 g/mol. The molecule has 1 aromatic heterocycles. The number of rotatable bonds is 6. The number of esters is 1. The summed E-state index contributed by atoms with van der Waals surface area (Å²) >= 11 is 0. The Labute approximate surface area is 161 Å². The predicted octanol–water partition coefficient (Wildman–Crippen LogP) is 2.24. The molecule has 2 heterocycles. The normalized spacial score (nSPS) is 21.2. The van der Waals surface area contributed by atoms with Crippen molar-refractivity contribution in [2.24, 2.45) is 11.8 Å². The van der Waals surface area contributed by atoms with E-state index in [1.807, 2.05) is 36.4 Å². The van der Waals surface area contributed by atoms with E-state index in [1.54, 1.807) is 6.20 Å². The lowest BCUT2D eigenvalue weighted by molar-refractivity contribution is -0.145. The quantitative estimate of drug-likeness (QED) is 0.359. The van der Waals surface area contributed by atoms with Gasteiger partial charge in [-0.15, -0.1) is 0 Å². The molecular weight excluding hydrogens is 360 g/mol. The number of ether oxygens (including phenoxy) is 1. The Morgan fingerprint density at radius 1 is 1.07 bits per heavy atom. The highest BCUT2D eigenvalue weighted by Crippen LogP contribution is 2.35. The zero-order valence-electron chi connectivity index (χ0n) is 15.2. The number of para-hydroxylation sites is 1. The maximum atomic E-state index is 12.4. The van der Waals surface area contributed by atoms with Crippen molar-refractivity contribution >= 4 is 34.5 Å². The van der Waals surface area contributed by atoms with Crippen molar-refractivity contribution < 1.29 is 23.9 Å². The molecule has 1 aliphatic carbocycles. The lowest BCUT2D eigenvalue weighted by Crippen LogP contribution is -2.33. The lowest BCUT2D eigenvalue weighted by Gasteiger charge is -2.14. The first kappa shape index (κ1) is 18.2. The van der Waals surface area contributed by atoms with Gasteiger partial charge in [0.1, 0.15) is 0 Å². The number of amides is 2. The van der Waals surface area contributed by atoms with Crippen molar-refractivity contribution in [3.8, 4) is 0 Å². The predicted molar refractivity (Wildman–Crippen MR) is 100 cm³/mol. The van der Waals surface area contributed by atoms with E-state index in [0.29, 0.717) is 18.4 Å². The first-order valence-corrected chi connectivity index (χ1v) is 9.31. The topological polar surface area (TPSA) is 96.5 Å². The summed E-state index contributed by atoms with van der Waals surface area (Å²) in [6, 6.07) is 7.37. The molecule has 0 spiro atoms. The number of carbonyl (C=O) groups excluding carboxylic acids is 4. The minimum atomic E-state index is -0.609. The van der Waals surface area contributed by atoms with Gasteiger partial charge in [0, 0.05) is 29.2 Å². The third-order valence-corrected chi connectivity index (χ3v) is 5.39. The van der Waals surface area contributed by atoms with Gasteiger partial charge in [-0.1, -0.05) is 30.4 Å². The number of Topliss-reactive ketones (excluding diaryl/α,β-unsaturated/α-hetero) is 1. The fraction of sp³-hybridized carbons (Fsp3) is 0.333. The summed E-state index contributed by atoms with van der Waals surface area (Å²) in [7, 11) is 0. The third-order valence-electron chi connectivity index (χ3n) is 5.39. The van der Waals surface area contributed by atoms with Crippen molar-refractivity contribution in [2.45, 2.75) is 19.3 Å². The molecule has 1 aromatic carbocycles. The number of aromatic nitrogens is 1. The van der Waals surface area contributed by atoms with Gasteiger partial charge >= 0.3 is 5.97 Å². The number of hydrogen-bond donors (Lipinski definition) is 1. The Morgan fingerprint density at radius 3 is 2.46 bits per heavy atom. The Balaban J connectivity index is 1.30. The highest BCUT2D eigenvalue weighted by atomic mass is 16.5. The van der Waals surface area contributed by atoms with Crippen LogP contribution in [-0.2, 0) is 19.1 Å². The summed E-state index contributed by atoms with van der Waals surface area (Å²) in [5.41, 5.74) is 1.30. The molecule has 0 radical (unpaired) electrons. The first-order chi connectivity index (χ1) is 13.6. The fourth-order valence-electron chi connectivity index (χ4n) is 3.89. The fourth-order valence-corrected chi connectivity index (χ4v) is 3.89. The van der Waals surface area contributed by atoms with Gasteiger partial charge in [0.25, 0.3) is 0 Å². The van der Waals surface area contributed by atoms with E-state index in [9.17, 15) is 19.2 Å². The highest BCUT2D eigenvalue weighted by Gasteiger charge is 2.46. The molecule has 7 heteroatoms. The molecular formula is C21H20N2O5. The number of nitrogens with zero attached hydrogens (tertiary/aromatic N) is 1. The van der Waals surface area contributed by atoms with Crippen molar-refractivity contribution in [1.82, 2.24) is 9.88 Å². The van der Waals surface area contributed by atoms with Crippen LogP contribution in [0.2, 0.25) is 0 Å². The van der Waals surface area contributed by atoms with Gasteiger partial charge in [-0.3, -0.25) is 24.1 Å². The summed E-state index contributed by atoms with van der Waals surface area (Å²) in [6.07, 6.45) is 6.44. The standard InChI is InChI=1S/C21H20N2O5/c24-18(16-11-22-17-8-4-3-5-13(16)17)12-28-19(25)9-10-23-20(26)14-6-1-2-7-15(14)21(23)27/h1-5,8,11,14-15,22H,6-7,9-10,12H2/t14-,15-/m1/s1. The summed E-state index contributed by atoms with van der Waals surface area (Å²) < 4.78 is 5.06. The van der Waals surface area contributed by atoms with Gasteiger partial charge in [0.2, 0.25) is 17.6 Å². The van der Waals surface area contributed by atoms with Crippen LogP contribution in [0.5, 0.6) is 0 Å². The van der Waals surface area contributed by atoms with Gasteiger partial charge in [0.05, 0.1) is 18.3 Å². The molecule has 2 aromatic rings. The molecule has 7 nitrogen and oxygen atoms in total. The highest BCUT2D eigenvalue weighted by molar-refractivity contribution is 6.09. The van der Waals surface area contributed by atoms with Crippen LogP contribution in [0, 0.1) is 11.8 Å². The van der Waals surface area contributed by atoms with Crippen molar-refractivity contribution in [3.05, 3.63) is 48.2 Å². The van der Waals surface area contributed by atoms with Gasteiger partial charge in [-0.05, 0) is 18.9 Å². The number of fused-ring (bicyclic) bond motifs is 2. The maximum absolute atomic E-state index is 12.4. The van der Waals surface area contributed by atoms with E-state index in [-0.39, 0.29) is 49.0 Å². The lowest BCUT2D eigenvalue weighted by atomic mass is 9.85. The van der Waals surface area contributed by atoms with Crippen molar-refractivity contribution in [2.75, 3.05) is 13.2 Å². The SMILES string of the molecule is O=C(CCN1C(=O)[C@@H]2CC=CC[C@H]2C1=O)OCC(=O)c1c[nH]c2ccccc12. The van der Waals surface area contributed by atoms with Crippen LogP contribution >= 0.6 is 0 Å². The van der Waals surface area contributed by atoms with E-state index in [2.05, 4.69) is 4.98 Å².